The Bertz CT molecular complexity index is 1800. The number of para-hydroxylation sites is 1. The van der Waals surface area contributed by atoms with Crippen molar-refractivity contribution in [2.75, 3.05) is 21.2 Å². The summed E-state index contributed by atoms with van der Waals surface area (Å²) in [5, 5.41) is 13.0. The van der Waals surface area contributed by atoms with E-state index in [1.165, 1.54) is 23.0 Å². The van der Waals surface area contributed by atoms with E-state index in [9.17, 15) is 24.3 Å². The van der Waals surface area contributed by atoms with Gasteiger partial charge in [0.05, 0.1) is 24.8 Å². The maximum atomic E-state index is 14.3. The monoisotopic (exact) mass is 763 g/mol. The molecule has 0 radical (unpaired) electrons. The van der Waals surface area contributed by atoms with Crippen molar-refractivity contribution in [3.05, 3.63) is 64.2 Å². The zero-order valence-corrected chi connectivity index (χ0v) is 34.4. The van der Waals surface area contributed by atoms with E-state index in [1.807, 2.05) is 0 Å². The number of aromatic carboxylic acids is 1. The number of nitrogens with zero attached hydrogens (tertiary/aromatic N) is 2. The number of carbonyl (C=O) groups excluding carboxylic acids is 3. The van der Waals surface area contributed by atoms with E-state index < -0.39 is 53.9 Å². The van der Waals surface area contributed by atoms with Crippen LogP contribution in [0.25, 0.3) is 0 Å². The van der Waals surface area contributed by atoms with Gasteiger partial charge in [-0.05, 0) is 120 Å². The SMILES string of the molecule is COc1c(C[C@H](NC(=O)c2ccc(CN(C)C(=O)OC(C)(C)C)c(CN(C)C(=O)OC(C)(C)C)c2)B2OC3CC4CC(C4(C)C)C3(C)O2)cccc1C(=O)O. The fourth-order valence-corrected chi connectivity index (χ4v) is 8.32. The highest BCUT2D eigenvalue weighted by Crippen LogP contribution is 2.65. The third-order valence-electron chi connectivity index (χ3n) is 11.3. The first-order valence-corrected chi connectivity index (χ1v) is 19.0. The number of amides is 3. The van der Waals surface area contributed by atoms with Gasteiger partial charge < -0.3 is 43.7 Å². The van der Waals surface area contributed by atoms with Gasteiger partial charge in [-0.2, -0.15) is 0 Å². The van der Waals surface area contributed by atoms with Crippen molar-refractivity contribution in [1.29, 1.82) is 0 Å². The second-order valence-corrected chi connectivity index (χ2v) is 18.1. The van der Waals surface area contributed by atoms with Gasteiger partial charge in [-0.15, -0.1) is 0 Å². The average Bonchev–Trinajstić information content (AvgIpc) is 3.44. The Labute approximate surface area is 325 Å². The molecule has 2 N–H and O–H groups in total. The molecule has 6 rings (SSSR count). The first-order chi connectivity index (χ1) is 25.4. The minimum Gasteiger partial charge on any atom is -0.496 e. The number of carboxylic acid groups (broad SMARTS) is 1. The fraction of sp³-hybridized carbons (Fsp3) is 0.610. The minimum absolute atomic E-state index is 0.00669. The van der Waals surface area contributed by atoms with Gasteiger partial charge in [-0.1, -0.05) is 32.0 Å². The van der Waals surface area contributed by atoms with Gasteiger partial charge >= 0.3 is 25.3 Å². The van der Waals surface area contributed by atoms with E-state index in [2.05, 4.69) is 26.1 Å². The standard InChI is InChI=1S/C41H58BN3O10/c1-38(2,3)52-36(49)44(10)22-26-17-16-25(18-27(26)23-45(11)37(50)53-39(4,5)6)34(46)43-32(19-24-14-13-15-29(35(47)48)33(24)51-12)42-54-31-21-28-20-30(40(28,7)8)41(31,9)55-42/h13-18,28,30-32H,19-23H2,1-12H3,(H,43,46)(H,47,48)/t28?,30?,31?,32-,41?/m0/s1. The summed E-state index contributed by atoms with van der Waals surface area (Å²) in [5.41, 5.74) is 0.342. The van der Waals surface area contributed by atoms with E-state index in [1.54, 1.807) is 86.0 Å². The Morgan fingerprint density at radius 1 is 0.909 bits per heavy atom. The lowest BCUT2D eigenvalue weighted by Crippen LogP contribution is -2.65. The van der Waals surface area contributed by atoms with Crippen LogP contribution in [-0.4, -0.2) is 96.1 Å². The number of hydrogen-bond acceptors (Lipinski definition) is 9. The summed E-state index contributed by atoms with van der Waals surface area (Å²) in [5.74, 6) is -1.29. The third kappa shape index (κ3) is 9.07. The molecule has 4 unspecified atom stereocenters. The number of carboxylic acids is 1. The minimum atomic E-state index is -1.13. The van der Waals surface area contributed by atoms with Crippen LogP contribution in [0.4, 0.5) is 9.59 Å². The molecule has 2 aromatic rings. The first kappa shape index (κ1) is 41.9. The van der Waals surface area contributed by atoms with Crippen LogP contribution in [-0.2, 0) is 38.3 Å². The predicted molar refractivity (Wildman–Crippen MR) is 207 cm³/mol. The van der Waals surface area contributed by atoms with Crippen molar-refractivity contribution in [3.63, 3.8) is 0 Å². The lowest BCUT2D eigenvalue weighted by atomic mass is 9.43. The van der Waals surface area contributed by atoms with Crippen LogP contribution in [0.3, 0.4) is 0 Å². The summed E-state index contributed by atoms with van der Waals surface area (Å²) < 4.78 is 30.2. The summed E-state index contributed by atoms with van der Waals surface area (Å²) >= 11 is 0. The van der Waals surface area contributed by atoms with Gasteiger partial charge in [0, 0.05) is 32.7 Å². The van der Waals surface area contributed by atoms with Crippen molar-refractivity contribution in [2.24, 2.45) is 17.3 Å². The van der Waals surface area contributed by atoms with E-state index in [4.69, 9.17) is 23.5 Å². The molecule has 5 atom stereocenters. The van der Waals surface area contributed by atoms with Gasteiger partial charge in [0.1, 0.15) is 22.5 Å². The number of nitrogens with one attached hydrogen (secondary N) is 1. The molecule has 55 heavy (non-hydrogen) atoms. The number of ether oxygens (including phenoxy) is 3. The van der Waals surface area contributed by atoms with Crippen LogP contribution in [0.2, 0.25) is 0 Å². The van der Waals surface area contributed by atoms with Crippen LogP contribution in [0.5, 0.6) is 5.75 Å². The van der Waals surface area contributed by atoms with Gasteiger partial charge in [0.25, 0.3) is 5.91 Å². The molecule has 13 nitrogen and oxygen atoms in total. The van der Waals surface area contributed by atoms with Gasteiger partial charge in [0.15, 0.2) is 0 Å². The van der Waals surface area contributed by atoms with Crippen molar-refractivity contribution in [1.82, 2.24) is 15.1 Å². The second kappa shape index (κ2) is 15.3. The zero-order valence-electron chi connectivity index (χ0n) is 34.4. The molecule has 4 aliphatic rings. The second-order valence-electron chi connectivity index (χ2n) is 18.1. The number of hydrogen-bond donors (Lipinski definition) is 2. The number of carbonyl (C=O) groups is 4. The average molecular weight is 764 g/mol. The van der Waals surface area contributed by atoms with Crippen LogP contribution >= 0.6 is 0 Å². The molecule has 1 saturated heterocycles. The number of methoxy groups -OCH3 is 1. The molecule has 0 spiro atoms. The van der Waals surface area contributed by atoms with Crippen LogP contribution < -0.4 is 10.1 Å². The van der Waals surface area contributed by atoms with Gasteiger partial charge in [-0.3, -0.25) is 4.79 Å². The molecule has 1 aliphatic heterocycles. The molecule has 2 aromatic carbocycles. The molecule has 3 saturated carbocycles. The topological polar surface area (TPSA) is 153 Å². The predicted octanol–water partition coefficient (Wildman–Crippen LogP) is 6.74. The quantitative estimate of drug-likeness (QED) is 0.236. The molecule has 4 fully saturated rings. The summed E-state index contributed by atoms with van der Waals surface area (Å²) in [6.45, 7) is 17.6. The van der Waals surface area contributed by atoms with Gasteiger partial charge in [-0.25, -0.2) is 14.4 Å². The van der Waals surface area contributed by atoms with Crippen LogP contribution in [0.1, 0.15) is 113 Å². The van der Waals surface area contributed by atoms with Gasteiger partial charge in [0.2, 0.25) is 0 Å². The van der Waals surface area contributed by atoms with Crippen LogP contribution in [0, 0.1) is 17.3 Å². The number of rotatable bonds is 11. The molecule has 14 heteroatoms. The molecular formula is C41H58BN3O10. The lowest BCUT2D eigenvalue weighted by molar-refractivity contribution is -0.199. The van der Waals surface area contributed by atoms with E-state index >= 15 is 0 Å². The lowest BCUT2D eigenvalue weighted by Gasteiger charge is -2.64. The third-order valence-corrected chi connectivity index (χ3v) is 11.3. The van der Waals surface area contributed by atoms with Crippen molar-refractivity contribution >= 4 is 31.2 Å². The summed E-state index contributed by atoms with van der Waals surface area (Å²) in [6, 6.07) is 10.0. The smallest absolute Gasteiger partial charge is 0.482 e. The highest BCUT2D eigenvalue weighted by atomic mass is 16.7. The molecule has 2 bridgehead atoms. The molecule has 1 heterocycles. The largest absolute Gasteiger partial charge is 0.496 e. The Morgan fingerprint density at radius 3 is 2.05 bits per heavy atom. The maximum Gasteiger partial charge on any atom is 0.482 e. The summed E-state index contributed by atoms with van der Waals surface area (Å²) in [4.78, 5) is 55.2. The summed E-state index contributed by atoms with van der Waals surface area (Å²) in [7, 11) is 3.83. The normalized spacial score (nSPS) is 23.1. The highest BCUT2D eigenvalue weighted by Gasteiger charge is 2.68. The number of benzene rings is 2. The Hall–Kier alpha value is -4.30. The highest BCUT2D eigenvalue weighted by molar-refractivity contribution is 6.48. The Kier molecular flexibility index (Phi) is 11.7. The zero-order chi connectivity index (χ0) is 40.8. The molecule has 300 valence electrons. The molecule has 3 amide bonds. The van der Waals surface area contributed by atoms with Crippen LogP contribution in [0.15, 0.2) is 36.4 Å². The van der Waals surface area contributed by atoms with Crippen molar-refractivity contribution in [2.45, 2.75) is 124 Å². The molecular weight excluding hydrogens is 705 g/mol. The van der Waals surface area contributed by atoms with E-state index in [0.29, 0.717) is 28.2 Å². The Morgan fingerprint density at radius 2 is 1.51 bits per heavy atom. The fourth-order valence-electron chi connectivity index (χ4n) is 8.32. The maximum absolute atomic E-state index is 14.3. The summed E-state index contributed by atoms with van der Waals surface area (Å²) in [6.07, 6.45) is 0.849. The van der Waals surface area contributed by atoms with E-state index in [-0.39, 0.29) is 48.3 Å². The molecule has 3 aliphatic carbocycles. The van der Waals surface area contributed by atoms with Crippen molar-refractivity contribution < 1.29 is 47.8 Å². The first-order valence-electron chi connectivity index (χ1n) is 19.0. The Balaban J connectivity index is 1.47. The molecule has 0 aromatic heterocycles. The van der Waals surface area contributed by atoms with Crippen molar-refractivity contribution in [3.8, 4) is 5.75 Å². The van der Waals surface area contributed by atoms with E-state index in [0.717, 1.165) is 12.8 Å².